The molecule has 2 N–H and O–H groups in total. The number of hydrogen-bond acceptors (Lipinski definition) is 3. The van der Waals surface area contributed by atoms with Crippen LogP contribution in [0.4, 0.5) is 0 Å². The molecule has 0 aliphatic rings. The molecule has 0 saturated carbocycles. The number of Topliss-reactive ketones (excluding diaryl/α,β-unsaturated/α-hetero) is 1. The van der Waals surface area contributed by atoms with E-state index in [2.05, 4.69) is 0 Å². The van der Waals surface area contributed by atoms with Gasteiger partial charge in [-0.15, -0.1) is 0 Å². The Kier molecular flexibility index (Phi) is 5.30. The van der Waals surface area contributed by atoms with Crippen molar-refractivity contribution < 1.29 is 9.59 Å². The highest BCUT2D eigenvalue weighted by molar-refractivity contribution is 5.87. The molecular weight excluding hydrogens is 168 g/mol. The quantitative estimate of drug-likeness (QED) is 0.658. The number of carbonyl (C=O) groups excluding carboxylic acids is 2. The van der Waals surface area contributed by atoms with E-state index >= 15 is 0 Å². The van der Waals surface area contributed by atoms with Gasteiger partial charge in [-0.2, -0.15) is 0 Å². The van der Waals surface area contributed by atoms with Crippen molar-refractivity contribution in [2.45, 2.75) is 20.3 Å². The number of ketones is 1. The van der Waals surface area contributed by atoms with Crippen molar-refractivity contribution in [2.24, 2.45) is 11.7 Å². The summed E-state index contributed by atoms with van der Waals surface area (Å²) in [7, 11) is 1.62. The van der Waals surface area contributed by atoms with E-state index in [-0.39, 0.29) is 24.2 Å². The minimum atomic E-state index is -0.0727. The fourth-order valence-corrected chi connectivity index (χ4v) is 0.819. The largest absolute Gasteiger partial charge is 0.338 e. The lowest BCUT2D eigenvalue weighted by molar-refractivity contribution is -0.134. The summed E-state index contributed by atoms with van der Waals surface area (Å²) in [4.78, 5) is 23.9. The zero-order valence-corrected chi connectivity index (χ0v) is 8.54. The predicted octanol–water partition coefficient (Wildman–Crippen LogP) is 0.0187. The van der Waals surface area contributed by atoms with Crippen LogP contribution in [0.2, 0.25) is 0 Å². The highest BCUT2D eigenvalue weighted by Gasteiger charge is 2.13. The SMILES string of the molecule is CC(C)C(=O)CN(C)C(=O)CCN. The Bertz CT molecular complexity index is 190. The maximum Gasteiger partial charge on any atom is 0.223 e. The van der Waals surface area contributed by atoms with Gasteiger partial charge in [0.15, 0.2) is 5.78 Å². The third kappa shape index (κ3) is 4.62. The van der Waals surface area contributed by atoms with E-state index in [0.717, 1.165) is 0 Å². The standard InChI is InChI=1S/C9H18N2O2/c1-7(2)8(12)6-11(3)9(13)4-5-10/h7H,4-6,10H2,1-3H3. The van der Waals surface area contributed by atoms with Crippen molar-refractivity contribution in [1.29, 1.82) is 0 Å². The number of likely N-dealkylation sites (N-methyl/N-ethyl adjacent to an activating group) is 1. The van der Waals surface area contributed by atoms with Crippen LogP contribution in [0.3, 0.4) is 0 Å². The molecule has 13 heavy (non-hydrogen) atoms. The molecule has 0 saturated heterocycles. The van der Waals surface area contributed by atoms with E-state index in [1.165, 1.54) is 4.90 Å². The number of carbonyl (C=O) groups is 2. The first-order valence-electron chi connectivity index (χ1n) is 4.45. The van der Waals surface area contributed by atoms with Gasteiger partial charge >= 0.3 is 0 Å². The molecule has 0 spiro atoms. The molecule has 76 valence electrons. The van der Waals surface area contributed by atoms with Crippen LogP contribution in [0, 0.1) is 5.92 Å². The Hall–Kier alpha value is -0.900. The van der Waals surface area contributed by atoms with Crippen LogP contribution in [0.1, 0.15) is 20.3 Å². The van der Waals surface area contributed by atoms with E-state index in [4.69, 9.17) is 5.73 Å². The van der Waals surface area contributed by atoms with E-state index in [0.29, 0.717) is 13.0 Å². The zero-order chi connectivity index (χ0) is 10.4. The molecule has 0 bridgehead atoms. The van der Waals surface area contributed by atoms with Crippen molar-refractivity contribution in [3.8, 4) is 0 Å². The predicted molar refractivity (Wildman–Crippen MR) is 51.2 cm³/mol. The number of nitrogens with two attached hydrogens (primary N) is 1. The van der Waals surface area contributed by atoms with Crippen LogP contribution in [-0.4, -0.2) is 36.7 Å². The molecule has 0 fully saturated rings. The summed E-state index contributed by atoms with van der Waals surface area (Å²) in [5.41, 5.74) is 5.23. The fourth-order valence-electron chi connectivity index (χ4n) is 0.819. The molecular formula is C9H18N2O2. The smallest absolute Gasteiger partial charge is 0.223 e. The van der Waals surface area contributed by atoms with Crippen molar-refractivity contribution in [1.82, 2.24) is 4.90 Å². The lowest BCUT2D eigenvalue weighted by Gasteiger charge is -2.16. The summed E-state index contributed by atoms with van der Waals surface area (Å²) in [6.45, 7) is 4.17. The summed E-state index contributed by atoms with van der Waals surface area (Å²) < 4.78 is 0. The molecule has 4 nitrogen and oxygen atoms in total. The van der Waals surface area contributed by atoms with Gasteiger partial charge in [0.2, 0.25) is 5.91 Å². The van der Waals surface area contributed by atoms with Crippen LogP contribution in [0.5, 0.6) is 0 Å². The number of amides is 1. The Balaban J connectivity index is 3.92. The Morgan fingerprint density at radius 2 is 1.92 bits per heavy atom. The number of nitrogens with zero attached hydrogens (tertiary/aromatic N) is 1. The highest BCUT2D eigenvalue weighted by atomic mass is 16.2. The normalized spacial score (nSPS) is 10.2. The Morgan fingerprint density at radius 1 is 1.38 bits per heavy atom. The molecule has 0 aromatic rings. The lowest BCUT2D eigenvalue weighted by Crippen LogP contribution is -2.34. The first-order chi connectivity index (χ1) is 5.99. The van der Waals surface area contributed by atoms with Crippen molar-refractivity contribution in [3.63, 3.8) is 0 Å². The molecule has 0 rings (SSSR count). The van der Waals surface area contributed by atoms with Gasteiger partial charge in [-0.25, -0.2) is 0 Å². The van der Waals surface area contributed by atoms with E-state index < -0.39 is 0 Å². The fraction of sp³-hybridized carbons (Fsp3) is 0.778. The minimum Gasteiger partial charge on any atom is -0.338 e. The molecule has 0 heterocycles. The average Bonchev–Trinajstić information content (AvgIpc) is 2.04. The van der Waals surface area contributed by atoms with Gasteiger partial charge in [-0.1, -0.05) is 13.8 Å². The van der Waals surface area contributed by atoms with Crippen LogP contribution < -0.4 is 5.73 Å². The highest BCUT2D eigenvalue weighted by Crippen LogP contribution is 1.97. The summed E-state index contributed by atoms with van der Waals surface area (Å²) in [6.07, 6.45) is 0.307. The number of hydrogen-bond donors (Lipinski definition) is 1. The van der Waals surface area contributed by atoms with Crippen LogP contribution in [0.25, 0.3) is 0 Å². The van der Waals surface area contributed by atoms with Gasteiger partial charge in [0, 0.05) is 25.9 Å². The van der Waals surface area contributed by atoms with Crippen molar-refractivity contribution in [3.05, 3.63) is 0 Å². The molecule has 0 aromatic carbocycles. The molecule has 0 atom stereocenters. The zero-order valence-electron chi connectivity index (χ0n) is 8.54. The Morgan fingerprint density at radius 3 is 2.31 bits per heavy atom. The third-order valence-corrected chi connectivity index (χ3v) is 1.82. The van der Waals surface area contributed by atoms with Gasteiger partial charge in [-0.05, 0) is 0 Å². The molecule has 1 amide bonds. The summed E-state index contributed by atoms with van der Waals surface area (Å²) in [6, 6.07) is 0. The third-order valence-electron chi connectivity index (χ3n) is 1.82. The molecule has 0 aliphatic carbocycles. The maximum atomic E-state index is 11.2. The van der Waals surface area contributed by atoms with Crippen LogP contribution in [-0.2, 0) is 9.59 Å². The molecule has 0 unspecified atom stereocenters. The first kappa shape index (κ1) is 12.1. The van der Waals surface area contributed by atoms with E-state index in [1.807, 2.05) is 13.8 Å². The van der Waals surface area contributed by atoms with Gasteiger partial charge in [0.25, 0.3) is 0 Å². The van der Waals surface area contributed by atoms with Crippen LogP contribution in [0.15, 0.2) is 0 Å². The van der Waals surface area contributed by atoms with Gasteiger partial charge in [0.1, 0.15) is 0 Å². The lowest BCUT2D eigenvalue weighted by atomic mass is 10.1. The van der Waals surface area contributed by atoms with Crippen LogP contribution >= 0.6 is 0 Å². The molecule has 0 aliphatic heterocycles. The molecule has 0 aromatic heterocycles. The van der Waals surface area contributed by atoms with Gasteiger partial charge in [0.05, 0.1) is 6.54 Å². The second-order valence-electron chi connectivity index (χ2n) is 3.41. The Labute approximate surface area is 79.1 Å². The van der Waals surface area contributed by atoms with E-state index in [1.54, 1.807) is 7.05 Å². The second-order valence-corrected chi connectivity index (χ2v) is 3.41. The summed E-state index contributed by atoms with van der Waals surface area (Å²) in [5.74, 6) is -0.0162. The first-order valence-corrected chi connectivity index (χ1v) is 4.45. The van der Waals surface area contributed by atoms with Gasteiger partial charge in [-0.3, -0.25) is 9.59 Å². The van der Waals surface area contributed by atoms with Gasteiger partial charge < -0.3 is 10.6 Å². The van der Waals surface area contributed by atoms with Crippen molar-refractivity contribution >= 4 is 11.7 Å². The maximum absolute atomic E-state index is 11.2. The molecule has 4 heteroatoms. The summed E-state index contributed by atoms with van der Waals surface area (Å²) in [5, 5.41) is 0. The average molecular weight is 186 g/mol. The second kappa shape index (κ2) is 5.70. The summed E-state index contributed by atoms with van der Waals surface area (Å²) >= 11 is 0. The van der Waals surface area contributed by atoms with Crippen molar-refractivity contribution in [2.75, 3.05) is 20.1 Å². The monoisotopic (exact) mass is 186 g/mol. The molecule has 0 radical (unpaired) electrons. The minimum absolute atomic E-state index is 0.0203. The topological polar surface area (TPSA) is 63.4 Å². The van der Waals surface area contributed by atoms with E-state index in [9.17, 15) is 9.59 Å². The number of rotatable bonds is 5.